The van der Waals surface area contributed by atoms with Gasteiger partial charge in [0.25, 0.3) is 16.1 Å². The standard InChI is InChI=1S/C11H20N6O3S/c1-16-7-9(12)10(15-16)11(18)17-4-2-3-8(6-17)5-14-21(13,19)20/h7-8,14H,2-6,12H2,1H3,(H2,13,19,20). The van der Waals surface area contributed by atoms with Crippen molar-refractivity contribution in [1.29, 1.82) is 0 Å². The summed E-state index contributed by atoms with van der Waals surface area (Å²) < 4.78 is 25.6. The minimum atomic E-state index is -3.71. The molecule has 1 aliphatic heterocycles. The third-order valence-electron chi connectivity index (χ3n) is 3.44. The fourth-order valence-electron chi connectivity index (χ4n) is 2.47. The van der Waals surface area contributed by atoms with Crippen LogP contribution in [-0.2, 0) is 17.3 Å². The normalized spacial score (nSPS) is 19.7. The van der Waals surface area contributed by atoms with Gasteiger partial charge in [-0.15, -0.1) is 0 Å². The first-order valence-corrected chi connectivity index (χ1v) is 8.16. The van der Waals surface area contributed by atoms with Gasteiger partial charge in [0.15, 0.2) is 5.69 Å². The van der Waals surface area contributed by atoms with Crippen LogP contribution in [0.1, 0.15) is 23.3 Å². The maximum absolute atomic E-state index is 12.4. The van der Waals surface area contributed by atoms with Gasteiger partial charge in [0.1, 0.15) is 0 Å². The Morgan fingerprint density at radius 1 is 1.57 bits per heavy atom. The number of nitrogen functional groups attached to an aromatic ring is 1. The first kappa shape index (κ1) is 15.7. The molecule has 2 rings (SSSR count). The van der Waals surface area contributed by atoms with Crippen molar-refractivity contribution >= 4 is 21.8 Å². The van der Waals surface area contributed by atoms with Gasteiger partial charge in [0, 0.05) is 32.9 Å². The molecule has 9 nitrogen and oxygen atoms in total. The van der Waals surface area contributed by atoms with Gasteiger partial charge in [-0.3, -0.25) is 9.48 Å². The van der Waals surface area contributed by atoms with E-state index >= 15 is 0 Å². The minimum absolute atomic E-state index is 0.0333. The third kappa shape index (κ3) is 4.16. The molecule has 1 aliphatic rings. The Morgan fingerprint density at radius 2 is 2.29 bits per heavy atom. The number of hydrogen-bond acceptors (Lipinski definition) is 5. The van der Waals surface area contributed by atoms with Crippen molar-refractivity contribution in [2.24, 2.45) is 18.1 Å². The van der Waals surface area contributed by atoms with Gasteiger partial charge in [-0.25, -0.2) is 9.86 Å². The Morgan fingerprint density at radius 3 is 2.86 bits per heavy atom. The summed E-state index contributed by atoms with van der Waals surface area (Å²) >= 11 is 0. The highest BCUT2D eigenvalue weighted by Gasteiger charge is 2.27. The Hall–Kier alpha value is -1.65. The van der Waals surface area contributed by atoms with E-state index in [1.54, 1.807) is 18.1 Å². The van der Waals surface area contributed by atoms with E-state index < -0.39 is 10.2 Å². The molecule has 5 N–H and O–H groups in total. The van der Waals surface area contributed by atoms with Crippen LogP contribution >= 0.6 is 0 Å². The average Bonchev–Trinajstić information content (AvgIpc) is 2.74. The molecular weight excluding hydrogens is 296 g/mol. The molecule has 1 saturated heterocycles. The first-order chi connectivity index (χ1) is 9.76. The molecule has 0 aliphatic carbocycles. The summed E-state index contributed by atoms with van der Waals surface area (Å²) in [6, 6.07) is 0. The number of aryl methyl sites for hydroxylation is 1. The molecule has 0 bridgehead atoms. The van der Waals surface area contributed by atoms with E-state index in [0.29, 0.717) is 18.8 Å². The monoisotopic (exact) mass is 316 g/mol. The number of aromatic nitrogens is 2. The number of hydrogen-bond donors (Lipinski definition) is 3. The van der Waals surface area contributed by atoms with Gasteiger partial charge in [-0.05, 0) is 18.8 Å². The van der Waals surface area contributed by atoms with E-state index in [1.807, 2.05) is 0 Å². The zero-order chi connectivity index (χ0) is 15.6. The topological polar surface area (TPSA) is 136 Å². The van der Waals surface area contributed by atoms with E-state index in [9.17, 15) is 13.2 Å². The van der Waals surface area contributed by atoms with Crippen molar-refractivity contribution < 1.29 is 13.2 Å². The third-order valence-corrected chi connectivity index (χ3v) is 4.01. The lowest BCUT2D eigenvalue weighted by molar-refractivity contribution is 0.0670. The Balaban J connectivity index is 2.00. The molecule has 0 aromatic carbocycles. The number of carbonyl (C=O) groups is 1. The lowest BCUT2D eigenvalue weighted by atomic mass is 9.98. The predicted molar refractivity (Wildman–Crippen MR) is 77.4 cm³/mol. The van der Waals surface area contributed by atoms with Crippen LogP contribution in [0.25, 0.3) is 0 Å². The molecule has 21 heavy (non-hydrogen) atoms. The quantitative estimate of drug-likeness (QED) is 0.630. The first-order valence-electron chi connectivity index (χ1n) is 6.62. The van der Waals surface area contributed by atoms with Crippen LogP contribution in [0, 0.1) is 5.92 Å². The Kier molecular flexibility index (Phi) is 4.49. The zero-order valence-electron chi connectivity index (χ0n) is 11.8. The van der Waals surface area contributed by atoms with Crippen LogP contribution in [0.5, 0.6) is 0 Å². The van der Waals surface area contributed by atoms with Crippen molar-refractivity contribution in [2.75, 3.05) is 25.4 Å². The molecule has 0 spiro atoms. The number of rotatable bonds is 4. The van der Waals surface area contributed by atoms with Gasteiger partial charge in [0.05, 0.1) is 5.69 Å². The van der Waals surface area contributed by atoms with Crippen LogP contribution in [0.15, 0.2) is 6.20 Å². The van der Waals surface area contributed by atoms with Crippen LogP contribution in [-0.4, -0.2) is 48.6 Å². The van der Waals surface area contributed by atoms with Crippen LogP contribution < -0.4 is 15.6 Å². The Bertz CT molecular complexity index is 626. The van der Waals surface area contributed by atoms with Crippen molar-refractivity contribution in [1.82, 2.24) is 19.4 Å². The Labute approximate surface area is 123 Å². The van der Waals surface area contributed by atoms with Gasteiger partial charge < -0.3 is 10.6 Å². The molecule has 0 radical (unpaired) electrons. The van der Waals surface area contributed by atoms with Crippen LogP contribution in [0.4, 0.5) is 5.69 Å². The van der Waals surface area contributed by atoms with E-state index in [-0.39, 0.29) is 24.1 Å². The van der Waals surface area contributed by atoms with E-state index in [2.05, 4.69) is 9.82 Å². The molecule has 1 aromatic rings. The number of nitrogens with zero attached hydrogens (tertiary/aromatic N) is 3. The SMILES string of the molecule is Cn1cc(N)c(C(=O)N2CCCC(CNS(N)(=O)=O)C2)n1. The highest BCUT2D eigenvalue weighted by Crippen LogP contribution is 2.19. The number of amides is 1. The molecule has 1 fully saturated rings. The molecule has 1 unspecified atom stereocenters. The van der Waals surface area contributed by atoms with E-state index in [0.717, 1.165) is 12.8 Å². The fourth-order valence-corrected chi connectivity index (χ4v) is 2.94. The fraction of sp³-hybridized carbons (Fsp3) is 0.636. The lowest BCUT2D eigenvalue weighted by Crippen LogP contribution is -2.44. The minimum Gasteiger partial charge on any atom is -0.396 e. The number of piperidine rings is 1. The molecule has 118 valence electrons. The summed E-state index contributed by atoms with van der Waals surface area (Å²) in [5.74, 6) is -0.195. The van der Waals surface area contributed by atoms with Crippen molar-refractivity contribution in [3.8, 4) is 0 Å². The number of likely N-dealkylation sites (tertiary alicyclic amines) is 1. The van der Waals surface area contributed by atoms with Crippen LogP contribution in [0.2, 0.25) is 0 Å². The molecule has 2 heterocycles. The maximum atomic E-state index is 12.4. The summed E-state index contributed by atoms with van der Waals surface area (Å²) in [4.78, 5) is 14.0. The second-order valence-corrected chi connectivity index (χ2v) is 6.64. The second-order valence-electron chi connectivity index (χ2n) is 5.26. The summed E-state index contributed by atoms with van der Waals surface area (Å²) in [6.07, 6.45) is 3.22. The summed E-state index contributed by atoms with van der Waals surface area (Å²) in [5.41, 5.74) is 6.33. The van der Waals surface area contributed by atoms with Gasteiger partial charge in [-0.1, -0.05) is 0 Å². The molecule has 10 heteroatoms. The summed E-state index contributed by atoms with van der Waals surface area (Å²) in [6.45, 7) is 1.29. The molecule has 1 atom stereocenters. The summed E-state index contributed by atoms with van der Waals surface area (Å²) in [5, 5.41) is 8.98. The highest BCUT2D eigenvalue weighted by molar-refractivity contribution is 7.87. The van der Waals surface area contributed by atoms with E-state index in [4.69, 9.17) is 10.9 Å². The lowest BCUT2D eigenvalue weighted by Gasteiger charge is -2.32. The predicted octanol–water partition coefficient (Wildman–Crippen LogP) is -1.35. The van der Waals surface area contributed by atoms with Crippen molar-refractivity contribution in [3.05, 3.63) is 11.9 Å². The van der Waals surface area contributed by atoms with E-state index in [1.165, 1.54) is 4.68 Å². The number of nitrogens with one attached hydrogen (secondary N) is 1. The second kappa shape index (κ2) is 6.00. The largest absolute Gasteiger partial charge is 0.396 e. The number of carbonyl (C=O) groups excluding carboxylic acids is 1. The summed E-state index contributed by atoms with van der Waals surface area (Å²) in [7, 11) is -2.01. The van der Waals surface area contributed by atoms with Crippen LogP contribution in [0.3, 0.4) is 0 Å². The smallest absolute Gasteiger partial charge is 0.276 e. The molecular formula is C11H20N6O3S. The molecule has 1 amide bonds. The number of nitrogens with two attached hydrogens (primary N) is 2. The van der Waals surface area contributed by atoms with Gasteiger partial charge >= 0.3 is 0 Å². The van der Waals surface area contributed by atoms with Gasteiger partial charge in [0.2, 0.25) is 0 Å². The van der Waals surface area contributed by atoms with Crippen molar-refractivity contribution in [2.45, 2.75) is 12.8 Å². The zero-order valence-corrected chi connectivity index (χ0v) is 12.6. The average molecular weight is 316 g/mol. The maximum Gasteiger partial charge on any atom is 0.276 e. The number of anilines is 1. The molecule has 1 aromatic heterocycles. The van der Waals surface area contributed by atoms with Gasteiger partial charge in [-0.2, -0.15) is 13.5 Å². The molecule has 0 saturated carbocycles. The van der Waals surface area contributed by atoms with Crippen molar-refractivity contribution in [3.63, 3.8) is 0 Å². The highest BCUT2D eigenvalue weighted by atomic mass is 32.2.